The number of hydrogen-bond acceptors (Lipinski definition) is 3. The maximum absolute atomic E-state index is 8.89. The SMILES string of the molecule is CC(=O)[O-].CC[NH+]1C=CN=C1C. The second kappa shape index (κ2) is 5.49. The molecule has 1 unspecified atom stereocenters. The smallest absolute Gasteiger partial charge is 0.202 e. The van der Waals surface area contributed by atoms with Crippen LogP contribution in [-0.4, -0.2) is 18.3 Å². The predicted molar refractivity (Wildman–Crippen MR) is 44.4 cm³/mol. The van der Waals surface area contributed by atoms with Crippen LogP contribution in [0.3, 0.4) is 0 Å². The average molecular weight is 170 g/mol. The van der Waals surface area contributed by atoms with E-state index in [1.165, 1.54) is 10.7 Å². The fraction of sp³-hybridized carbons (Fsp3) is 0.500. The molecule has 4 heteroatoms. The van der Waals surface area contributed by atoms with E-state index in [1.807, 2.05) is 13.1 Å². The van der Waals surface area contributed by atoms with Gasteiger partial charge in [0.15, 0.2) is 0 Å². The van der Waals surface area contributed by atoms with Crippen LogP contribution in [0, 0.1) is 0 Å². The summed E-state index contributed by atoms with van der Waals surface area (Å²) >= 11 is 0. The van der Waals surface area contributed by atoms with Crippen molar-refractivity contribution in [2.45, 2.75) is 20.8 Å². The van der Waals surface area contributed by atoms with E-state index in [4.69, 9.17) is 9.90 Å². The maximum Gasteiger partial charge on any atom is 0.202 e. The summed E-state index contributed by atoms with van der Waals surface area (Å²) in [5, 5.41) is 8.89. The molecule has 0 fully saturated rings. The number of nitrogens with one attached hydrogen (secondary N) is 1. The highest BCUT2D eigenvalue weighted by atomic mass is 16.4. The summed E-state index contributed by atoms with van der Waals surface area (Å²) in [5.41, 5.74) is 0. The average Bonchev–Trinajstić information content (AvgIpc) is 2.33. The molecule has 1 N–H and O–H groups in total. The van der Waals surface area contributed by atoms with Crippen LogP contribution in [-0.2, 0) is 4.79 Å². The lowest BCUT2D eigenvalue weighted by atomic mass is 10.5. The number of carboxylic acid groups (broad SMARTS) is 1. The molecule has 0 spiro atoms. The maximum atomic E-state index is 8.89. The highest BCUT2D eigenvalue weighted by Crippen LogP contribution is 1.77. The number of rotatable bonds is 1. The van der Waals surface area contributed by atoms with E-state index >= 15 is 0 Å². The van der Waals surface area contributed by atoms with E-state index in [1.54, 1.807) is 0 Å². The van der Waals surface area contributed by atoms with Crippen molar-refractivity contribution in [1.82, 2.24) is 0 Å². The Morgan fingerprint density at radius 2 is 2.25 bits per heavy atom. The van der Waals surface area contributed by atoms with Crippen LogP contribution in [0.25, 0.3) is 0 Å². The summed E-state index contributed by atoms with van der Waals surface area (Å²) < 4.78 is 0. The Morgan fingerprint density at radius 3 is 2.42 bits per heavy atom. The third kappa shape index (κ3) is 4.62. The molecule has 1 aliphatic rings. The van der Waals surface area contributed by atoms with Gasteiger partial charge in [-0.2, -0.15) is 0 Å². The highest BCUT2D eigenvalue weighted by molar-refractivity contribution is 5.72. The molecule has 12 heavy (non-hydrogen) atoms. The molecule has 0 saturated carbocycles. The Labute approximate surface area is 72.2 Å². The third-order valence-corrected chi connectivity index (χ3v) is 1.39. The first-order chi connectivity index (χ1) is 5.57. The Balaban J connectivity index is 0.000000261. The second-order valence-corrected chi connectivity index (χ2v) is 2.40. The van der Waals surface area contributed by atoms with Crippen molar-refractivity contribution in [3.05, 3.63) is 12.4 Å². The van der Waals surface area contributed by atoms with Gasteiger partial charge in [0.2, 0.25) is 5.84 Å². The fourth-order valence-electron chi connectivity index (χ4n) is 0.816. The Kier molecular flexibility index (Phi) is 4.96. The van der Waals surface area contributed by atoms with Gasteiger partial charge in [-0.05, 0) is 13.8 Å². The molecule has 1 aliphatic heterocycles. The minimum absolute atomic E-state index is 0.972. The van der Waals surface area contributed by atoms with E-state index in [0.29, 0.717) is 0 Å². The largest absolute Gasteiger partial charge is 0.550 e. The van der Waals surface area contributed by atoms with Crippen LogP contribution in [0.15, 0.2) is 17.4 Å². The molecule has 0 aromatic carbocycles. The van der Waals surface area contributed by atoms with Crippen LogP contribution in [0.4, 0.5) is 0 Å². The molecule has 0 radical (unpaired) electrons. The number of carbonyl (C=O) groups excluding carboxylic acids is 1. The van der Waals surface area contributed by atoms with E-state index < -0.39 is 5.97 Å². The van der Waals surface area contributed by atoms with Crippen LogP contribution in [0.1, 0.15) is 20.8 Å². The molecule has 0 aromatic heterocycles. The van der Waals surface area contributed by atoms with Crippen molar-refractivity contribution in [1.29, 1.82) is 0 Å². The van der Waals surface area contributed by atoms with Gasteiger partial charge < -0.3 is 9.90 Å². The summed E-state index contributed by atoms with van der Waals surface area (Å²) in [4.78, 5) is 14.3. The summed E-state index contributed by atoms with van der Waals surface area (Å²) in [6.07, 6.45) is 3.92. The molecule has 0 aromatic rings. The fourth-order valence-corrected chi connectivity index (χ4v) is 0.816. The van der Waals surface area contributed by atoms with Crippen molar-refractivity contribution >= 4 is 11.8 Å². The molecule has 1 rings (SSSR count). The quantitative estimate of drug-likeness (QED) is 0.523. The van der Waals surface area contributed by atoms with E-state index in [2.05, 4.69) is 18.1 Å². The first-order valence-electron chi connectivity index (χ1n) is 3.82. The van der Waals surface area contributed by atoms with Crippen LogP contribution in [0.5, 0.6) is 0 Å². The van der Waals surface area contributed by atoms with Crippen LogP contribution in [0.2, 0.25) is 0 Å². The lowest BCUT2D eigenvalue weighted by Gasteiger charge is -2.03. The summed E-state index contributed by atoms with van der Waals surface area (Å²) in [5.74, 6) is 0.0903. The van der Waals surface area contributed by atoms with Crippen molar-refractivity contribution in [2.75, 3.05) is 6.54 Å². The van der Waals surface area contributed by atoms with Gasteiger partial charge in [-0.1, -0.05) is 0 Å². The molecule has 0 saturated heterocycles. The molecule has 1 heterocycles. The van der Waals surface area contributed by atoms with Crippen LogP contribution >= 0.6 is 0 Å². The Bertz CT molecular complexity index is 205. The number of quaternary nitrogens is 1. The van der Waals surface area contributed by atoms with Gasteiger partial charge in [0.05, 0.1) is 12.7 Å². The van der Waals surface area contributed by atoms with Gasteiger partial charge in [-0.25, -0.2) is 4.99 Å². The second-order valence-electron chi connectivity index (χ2n) is 2.40. The number of carboxylic acids is 1. The zero-order valence-corrected chi connectivity index (χ0v) is 7.63. The van der Waals surface area contributed by atoms with Crippen molar-refractivity contribution in [3.8, 4) is 0 Å². The first-order valence-corrected chi connectivity index (χ1v) is 3.82. The summed E-state index contributed by atoms with van der Waals surface area (Å²) in [7, 11) is 0. The normalized spacial score (nSPS) is 19.6. The van der Waals surface area contributed by atoms with E-state index in [0.717, 1.165) is 13.5 Å². The third-order valence-electron chi connectivity index (χ3n) is 1.39. The van der Waals surface area contributed by atoms with Gasteiger partial charge in [0.1, 0.15) is 6.20 Å². The molecule has 0 amide bonds. The van der Waals surface area contributed by atoms with Crippen molar-refractivity contribution in [2.24, 2.45) is 4.99 Å². The number of carbonyl (C=O) groups is 1. The standard InChI is InChI=1S/C6H10N2.C2H4O2/c1-3-8-5-4-7-6(8)2;1-2(3)4/h4-5H,3H2,1-2H3;1H3,(H,3,4). The Hall–Kier alpha value is -1.16. The minimum Gasteiger partial charge on any atom is -0.550 e. The number of amidine groups is 1. The number of aliphatic carboxylic acids is 1. The zero-order chi connectivity index (χ0) is 9.56. The minimum atomic E-state index is -1.08. The molecule has 0 bridgehead atoms. The Morgan fingerprint density at radius 1 is 1.75 bits per heavy atom. The van der Waals surface area contributed by atoms with Crippen LogP contribution < -0.4 is 10.0 Å². The lowest BCUT2D eigenvalue weighted by molar-refractivity contribution is -0.742. The molecule has 0 aliphatic carbocycles. The molecule has 1 atom stereocenters. The highest BCUT2D eigenvalue weighted by Gasteiger charge is 2.08. The van der Waals surface area contributed by atoms with Crippen molar-refractivity contribution in [3.63, 3.8) is 0 Å². The van der Waals surface area contributed by atoms with Gasteiger partial charge in [-0.15, -0.1) is 0 Å². The molecule has 68 valence electrons. The van der Waals surface area contributed by atoms with Gasteiger partial charge >= 0.3 is 0 Å². The van der Waals surface area contributed by atoms with Gasteiger partial charge in [0, 0.05) is 12.9 Å². The summed E-state index contributed by atoms with van der Waals surface area (Å²) in [6.45, 7) is 6.26. The predicted octanol–water partition coefficient (Wildman–Crippen LogP) is -1.45. The molecular formula is C8H14N2O2. The molecule has 4 nitrogen and oxygen atoms in total. The van der Waals surface area contributed by atoms with Gasteiger partial charge in [-0.3, -0.25) is 4.90 Å². The first kappa shape index (κ1) is 10.8. The lowest BCUT2D eigenvalue weighted by Crippen LogP contribution is -3.08. The molecular weight excluding hydrogens is 156 g/mol. The van der Waals surface area contributed by atoms with E-state index in [-0.39, 0.29) is 0 Å². The number of hydrogen-bond donors (Lipinski definition) is 1. The number of nitrogens with zero attached hydrogens (tertiary/aromatic N) is 1. The van der Waals surface area contributed by atoms with E-state index in [9.17, 15) is 0 Å². The number of aliphatic imine (C=N–C) groups is 1. The zero-order valence-electron chi connectivity index (χ0n) is 7.63. The topological polar surface area (TPSA) is 56.9 Å². The van der Waals surface area contributed by atoms with Crippen molar-refractivity contribution < 1.29 is 14.8 Å². The monoisotopic (exact) mass is 170 g/mol. The van der Waals surface area contributed by atoms with Gasteiger partial charge in [0.25, 0.3) is 0 Å². The summed E-state index contributed by atoms with van der Waals surface area (Å²) in [6, 6.07) is 0.